The maximum atomic E-state index is 5.80. The molecule has 3 heteroatoms. The van der Waals surface area contributed by atoms with E-state index in [1.54, 1.807) is 0 Å². The van der Waals surface area contributed by atoms with Crippen LogP contribution >= 0.6 is 11.3 Å². The van der Waals surface area contributed by atoms with E-state index in [1.165, 1.54) is 59.8 Å². The number of thiophene rings is 1. The lowest BCUT2D eigenvalue weighted by Crippen LogP contribution is -2.10. The van der Waals surface area contributed by atoms with Crippen LogP contribution in [0, 0.1) is 5.41 Å². The summed E-state index contributed by atoms with van der Waals surface area (Å²) in [5.74, 6) is 0.387. The molecule has 1 atom stereocenters. The zero-order valence-corrected chi connectivity index (χ0v) is 40.3. The van der Waals surface area contributed by atoms with E-state index >= 15 is 0 Å². The van der Waals surface area contributed by atoms with E-state index in [-0.39, 0.29) is 28.6 Å². The Labute approximate surface area is 401 Å². The summed E-state index contributed by atoms with van der Waals surface area (Å²) in [5.41, 5.74) is 17.4. The van der Waals surface area contributed by atoms with Crippen molar-refractivity contribution >= 4 is 22.4 Å². The van der Waals surface area contributed by atoms with Gasteiger partial charge < -0.3 is 0 Å². The fraction of sp³-hybridized carbons (Fsp3) is 0.188. The Hall–Kier alpha value is -6.94. The minimum Gasteiger partial charge on any atom is -0.243 e. The Morgan fingerprint density at radius 1 is 0.433 bits per heavy atom. The number of nitrogens with zero attached hydrogens (tertiary/aromatic N) is 2. The van der Waals surface area contributed by atoms with Gasteiger partial charge in [-0.2, -0.15) is 0 Å². The quantitative estimate of drug-likeness (QED) is 0.128. The highest BCUT2D eigenvalue weighted by Gasteiger charge is 2.28. The van der Waals surface area contributed by atoms with Crippen LogP contribution in [0.2, 0.25) is 0 Å². The van der Waals surface area contributed by atoms with Crippen LogP contribution in [0.15, 0.2) is 218 Å². The summed E-state index contributed by atoms with van der Waals surface area (Å²) in [6, 6.07) is 70.7. The summed E-state index contributed by atoms with van der Waals surface area (Å²) >= 11 is 1.86. The molecular formula is C64H58N2S. The molecule has 10 rings (SSSR count). The van der Waals surface area contributed by atoms with Crippen molar-refractivity contribution in [3.8, 4) is 33.0 Å². The fourth-order valence-corrected chi connectivity index (χ4v) is 11.0. The van der Waals surface area contributed by atoms with Crippen molar-refractivity contribution in [2.24, 2.45) is 5.41 Å². The first kappa shape index (κ1) is 43.9. The molecule has 2 aromatic heterocycles. The summed E-state index contributed by atoms with van der Waals surface area (Å²) in [6.07, 6.45) is 8.12. The largest absolute Gasteiger partial charge is 0.243 e. The fourth-order valence-electron chi connectivity index (χ4n) is 9.72. The number of rotatable bonds is 10. The van der Waals surface area contributed by atoms with Gasteiger partial charge in [-0.1, -0.05) is 254 Å². The lowest BCUT2D eigenvalue weighted by Gasteiger charge is -2.25. The van der Waals surface area contributed by atoms with Gasteiger partial charge in [0.25, 0.3) is 0 Å². The van der Waals surface area contributed by atoms with Crippen LogP contribution in [0.3, 0.4) is 0 Å². The van der Waals surface area contributed by atoms with Crippen LogP contribution < -0.4 is 0 Å². The molecule has 7 aromatic carbocycles. The predicted molar refractivity (Wildman–Crippen MR) is 284 cm³/mol. The third-order valence-electron chi connectivity index (χ3n) is 13.4. The predicted octanol–water partition coefficient (Wildman–Crippen LogP) is 17.4. The highest BCUT2D eigenvalue weighted by Crippen LogP contribution is 2.47. The van der Waals surface area contributed by atoms with Gasteiger partial charge >= 0.3 is 0 Å². The molecule has 0 aliphatic heterocycles. The second kappa shape index (κ2) is 18.4. The van der Waals surface area contributed by atoms with Gasteiger partial charge in [-0.05, 0) is 67.3 Å². The SMILES string of the molecule is CC(C)(C)C1=CCC(c2sc(-c3ccc(C(C)(C)C)cc3)c3nc(-c4ccc(C(c5ccccc5)c5ccccc5)cc4)c(-c4ccc(C(c5ccccc5)c5ccccc5)cc4)nc23)C=C1. The van der Waals surface area contributed by atoms with Gasteiger partial charge in [-0.3, -0.25) is 0 Å². The van der Waals surface area contributed by atoms with E-state index in [1.807, 2.05) is 11.3 Å². The average Bonchev–Trinajstić information content (AvgIpc) is 3.74. The Balaban J connectivity index is 1.16. The van der Waals surface area contributed by atoms with Gasteiger partial charge in [0.2, 0.25) is 0 Å². The molecular weight excluding hydrogens is 829 g/mol. The molecule has 0 amide bonds. The van der Waals surface area contributed by atoms with Crippen LogP contribution in [0.1, 0.15) is 110 Å². The van der Waals surface area contributed by atoms with Gasteiger partial charge in [0.05, 0.1) is 16.3 Å². The Morgan fingerprint density at radius 3 is 1.19 bits per heavy atom. The summed E-state index contributed by atoms with van der Waals surface area (Å²) in [4.78, 5) is 14.0. The number of hydrogen-bond acceptors (Lipinski definition) is 3. The van der Waals surface area contributed by atoms with Crippen molar-refractivity contribution in [2.45, 2.75) is 71.1 Å². The zero-order valence-electron chi connectivity index (χ0n) is 39.4. The van der Waals surface area contributed by atoms with E-state index in [0.29, 0.717) is 0 Å². The normalized spacial score (nSPS) is 14.2. The molecule has 0 spiro atoms. The molecule has 67 heavy (non-hydrogen) atoms. The average molecular weight is 887 g/mol. The van der Waals surface area contributed by atoms with Crippen molar-refractivity contribution in [1.29, 1.82) is 0 Å². The second-order valence-electron chi connectivity index (χ2n) is 20.1. The van der Waals surface area contributed by atoms with Crippen molar-refractivity contribution in [2.75, 3.05) is 0 Å². The standard InChI is InChI=1S/C64H58N2S/c1-63(2,3)53-39-35-51(36-40-53)61-59-60(62(67-61)52-37-41-54(42-38-52)64(4,5)6)66-58(50-33-29-48(30-34-50)56(45-23-15-9-16-24-45)46-25-17-10-18-26-46)57(65-59)49-31-27-47(28-32-49)55(43-19-11-7-12-20-43)44-21-13-8-14-22-44/h7-37,39-42,52,55-56H,38H2,1-6H3. The van der Waals surface area contributed by atoms with E-state index in [9.17, 15) is 0 Å². The van der Waals surface area contributed by atoms with E-state index in [4.69, 9.17) is 9.97 Å². The van der Waals surface area contributed by atoms with Crippen molar-refractivity contribution in [3.63, 3.8) is 0 Å². The smallest absolute Gasteiger partial charge is 0.108 e. The third kappa shape index (κ3) is 9.14. The third-order valence-corrected chi connectivity index (χ3v) is 14.8. The van der Waals surface area contributed by atoms with Crippen molar-refractivity contribution in [3.05, 3.63) is 262 Å². The Bertz CT molecular complexity index is 3090. The molecule has 2 heterocycles. The molecule has 1 unspecified atom stereocenters. The number of benzene rings is 7. The minimum absolute atomic E-state index is 0.0526. The number of fused-ring (bicyclic) bond motifs is 1. The van der Waals surface area contributed by atoms with Crippen LogP contribution in [0.25, 0.3) is 44.0 Å². The highest BCUT2D eigenvalue weighted by atomic mass is 32.1. The zero-order chi connectivity index (χ0) is 46.1. The molecule has 1 aliphatic carbocycles. The lowest BCUT2D eigenvalue weighted by atomic mass is 9.81. The Morgan fingerprint density at radius 2 is 0.821 bits per heavy atom. The van der Waals surface area contributed by atoms with Crippen molar-refractivity contribution < 1.29 is 0 Å². The molecule has 0 saturated heterocycles. The highest BCUT2D eigenvalue weighted by molar-refractivity contribution is 7.17. The number of aromatic nitrogens is 2. The van der Waals surface area contributed by atoms with Crippen LogP contribution in [0.5, 0.6) is 0 Å². The van der Waals surface area contributed by atoms with Gasteiger partial charge in [-0.15, -0.1) is 11.3 Å². The van der Waals surface area contributed by atoms with Gasteiger partial charge in [-0.25, -0.2) is 9.97 Å². The maximum Gasteiger partial charge on any atom is 0.108 e. The van der Waals surface area contributed by atoms with Crippen LogP contribution in [-0.2, 0) is 5.41 Å². The van der Waals surface area contributed by atoms with Gasteiger partial charge in [0.1, 0.15) is 11.0 Å². The van der Waals surface area contributed by atoms with Gasteiger partial charge in [0.15, 0.2) is 0 Å². The molecule has 0 fully saturated rings. The van der Waals surface area contributed by atoms with E-state index in [0.717, 1.165) is 40.0 Å². The Kier molecular flexibility index (Phi) is 12.1. The van der Waals surface area contributed by atoms with Crippen LogP contribution in [0.4, 0.5) is 0 Å². The monoisotopic (exact) mass is 886 g/mol. The molecule has 9 aromatic rings. The molecule has 0 radical (unpaired) electrons. The lowest BCUT2D eigenvalue weighted by molar-refractivity contribution is 0.510. The second-order valence-corrected chi connectivity index (χ2v) is 21.2. The first-order valence-corrected chi connectivity index (χ1v) is 24.6. The molecule has 0 N–H and O–H groups in total. The molecule has 0 bridgehead atoms. The van der Waals surface area contributed by atoms with Gasteiger partial charge in [0, 0.05) is 33.8 Å². The van der Waals surface area contributed by atoms with E-state index < -0.39 is 0 Å². The maximum absolute atomic E-state index is 5.80. The summed E-state index contributed by atoms with van der Waals surface area (Å²) < 4.78 is 0. The molecule has 330 valence electrons. The summed E-state index contributed by atoms with van der Waals surface area (Å²) in [5, 5.41) is 0. The van der Waals surface area contributed by atoms with Crippen molar-refractivity contribution in [1.82, 2.24) is 9.97 Å². The molecule has 1 aliphatic rings. The summed E-state index contributed by atoms with van der Waals surface area (Å²) in [6.45, 7) is 13.7. The van der Waals surface area contributed by atoms with Crippen LogP contribution in [-0.4, -0.2) is 9.97 Å². The van der Waals surface area contributed by atoms with E-state index in [2.05, 4.69) is 254 Å². The minimum atomic E-state index is 0.0526. The first-order chi connectivity index (χ1) is 32.5. The number of allylic oxidation sites excluding steroid dienone is 4. The number of hydrogen-bond donors (Lipinski definition) is 0. The molecule has 2 nitrogen and oxygen atoms in total. The first-order valence-electron chi connectivity index (χ1n) is 23.7. The topological polar surface area (TPSA) is 25.8 Å². The molecule has 0 saturated carbocycles. The summed E-state index contributed by atoms with van der Waals surface area (Å²) in [7, 11) is 0.